The molecule has 8 nitrogen and oxygen atoms in total. The normalized spacial score (nSPS) is 16.4. The smallest absolute Gasteiger partial charge is 0.332 e. The Bertz CT molecular complexity index is 1170. The van der Waals surface area contributed by atoms with Gasteiger partial charge in [-0.15, -0.1) is 0 Å². The average Bonchev–Trinajstić information content (AvgIpc) is 3.38. The quantitative estimate of drug-likeness (QED) is 0.701. The van der Waals surface area contributed by atoms with Gasteiger partial charge in [0.2, 0.25) is 0 Å². The maximum absolute atomic E-state index is 13.0. The highest BCUT2D eigenvalue weighted by Gasteiger charge is 2.25. The van der Waals surface area contributed by atoms with Crippen molar-refractivity contribution in [2.75, 3.05) is 6.61 Å². The standard InChI is InChI=1S/C21H24N4O4/c1-23-19-16(20(27)24(2)21(23)28)11-17(25(19)13-15-9-6-10-29-15)18(26)22-12-14-7-4-3-5-8-14/h3-5,7-8,11,15H,6,9-10,12-13H2,1-2H3,(H,22,26)/t15-/m1/s1. The van der Waals surface area contributed by atoms with Gasteiger partial charge in [-0.05, 0) is 24.5 Å². The van der Waals surface area contributed by atoms with E-state index in [0.29, 0.717) is 36.4 Å². The zero-order chi connectivity index (χ0) is 20.5. The molecule has 1 aromatic carbocycles. The molecular formula is C21H24N4O4. The predicted molar refractivity (Wildman–Crippen MR) is 109 cm³/mol. The number of carbonyl (C=O) groups excluding carboxylic acids is 1. The minimum Gasteiger partial charge on any atom is -0.376 e. The Labute approximate surface area is 167 Å². The number of aryl methyl sites for hydroxylation is 1. The highest BCUT2D eigenvalue weighted by atomic mass is 16.5. The Morgan fingerprint density at radius 3 is 2.62 bits per heavy atom. The van der Waals surface area contributed by atoms with Crippen molar-refractivity contribution in [3.05, 3.63) is 68.5 Å². The minimum atomic E-state index is -0.426. The zero-order valence-corrected chi connectivity index (χ0v) is 16.6. The van der Waals surface area contributed by atoms with Gasteiger partial charge in [-0.3, -0.25) is 18.7 Å². The molecule has 0 unspecified atom stereocenters. The summed E-state index contributed by atoms with van der Waals surface area (Å²) in [5.41, 5.74) is 0.936. The average molecular weight is 396 g/mol. The number of ether oxygens (including phenoxy) is 1. The number of hydrogen-bond acceptors (Lipinski definition) is 4. The van der Waals surface area contributed by atoms with Crippen LogP contribution in [0.5, 0.6) is 0 Å². The first-order valence-corrected chi connectivity index (χ1v) is 9.70. The molecule has 1 aliphatic rings. The second-order valence-electron chi connectivity index (χ2n) is 7.39. The van der Waals surface area contributed by atoms with Crippen LogP contribution < -0.4 is 16.6 Å². The molecule has 1 amide bonds. The van der Waals surface area contributed by atoms with Crippen LogP contribution in [-0.4, -0.2) is 32.3 Å². The van der Waals surface area contributed by atoms with Crippen LogP contribution in [-0.2, 0) is 31.9 Å². The largest absolute Gasteiger partial charge is 0.376 e. The van der Waals surface area contributed by atoms with Gasteiger partial charge in [0.1, 0.15) is 11.3 Å². The van der Waals surface area contributed by atoms with Crippen LogP contribution in [0.3, 0.4) is 0 Å². The van der Waals surface area contributed by atoms with Crippen LogP contribution in [0.4, 0.5) is 0 Å². The number of hydrogen-bond donors (Lipinski definition) is 1. The number of nitrogens with one attached hydrogen (secondary N) is 1. The van der Waals surface area contributed by atoms with E-state index >= 15 is 0 Å². The van der Waals surface area contributed by atoms with Crippen molar-refractivity contribution in [2.45, 2.75) is 32.0 Å². The van der Waals surface area contributed by atoms with E-state index in [1.807, 2.05) is 30.3 Å². The third kappa shape index (κ3) is 3.51. The van der Waals surface area contributed by atoms with Crippen LogP contribution in [0.2, 0.25) is 0 Å². The lowest BCUT2D eigenvalue weighted by atomic mass is 10.2. The summed E-state index contributed by atoms with van der Waals surface area (Å²) < 4.78 is 9.96. The summed E-state index contributed by atoms with van der Waals surface area (Å²) in [4.78, 5) is 38.1. The third-order valence-corrected chi connectivity index (χ3v) is 5.43. The lowest BCUT2D eigenvalue weighted by molar-refractivity contribution is 0.0898. The number of fused-ring (bicyclic) bond motifs is 1. The van der Waals surface area contributed by atoms with Gasteiger partial charge < -0.3 is 14.6 Å². The van der Waals surface area contributed by atoms with E-state index in [9.17, 15) is 14.4 Å². The number of carbonyl (C=O) groups is 1. The zero-order valence-electron chi connectivity index (χ0n) is 16.6. The van der Waals surface area contributed by atoms with E-state index in [1.54, 1.807) is 17.7 Å². The molecule has 29 heavy (non-hydrogen) atoms. The summed E-state index contributed by atoms with van der Waals surface area (Å²) in [6, 6.07) is 11.2. The minimum absolute atomic E-state index is 0.0505. The highest BCUT2D eigenvalue weighted by Crippen LogP contribution is 2.21. The SMILES string of the molecule is Cn1c(=O)c2cc(C(=O)NCc3ccccc3)n(C[C@H]3CCCO3)c2n(C)c1=O. The predicted octanol–water partition coefficient (Wildman–Crippen LogP) is 1.15. The Hall–Kier alpha value is -3.13. The molecule has 0 saturated carbocycles. The highest BCUT2D eigenvalue weighted by molar-refractivity contribution is 5.97. The van der Waals surface area contributed by atoms with Crippen molar-refractivity contribution in [1.82, 2.24) is 19.0 Å². The van der Waals surface area contributed by atoms with E-state index < -0.39 is 11.2 Å². The van der Waals surface area contributed by atoms with E-state index in [2.05, 4.69) is 5.32 Å². The molecule has 2 aromatic heterocycles. The van der Waals surface area contributed by atoms with Gasteiger partial charge in [-0.2, -0.15) is 0 Å². The molecule has 1 saturated heterocycles. The summed E-state index contributed by atoms with van der Waals surface area (Å²) in [7, 11) is 3.05. The monoisotopic (exact) mass is 396 g/mol. The second-order valence-corrected chi connectivity index (χ2v) is 7.39. The van der Waals surface area contributed by atoms with Gasteiger partial charge >= 0.3 is 5.69 Å². The van der Waals surface area contributed by atoms with Gasteiger partial charge in [0, 0.05) is 27.2 Å². The molecule has 152 valence electrons. The fourth-order valence-electron chi connectivity index (χ4n) is 3.87. The first-order chi connectivity index (χ1) is 14.0. The summed E-state index contributed by atoms with van der Waals surface area (Å²) >= 11 is 0. The Balaban J connectivity index is 1.78. The fourth-order valence-corrected chi connectivity index (χ4v) is 3.87. The molecule has 0 bridgehead atoms. The van der Waals surface area contributed by atoms with Crippen molar-refractivity contribution in [2.24, 2.45) is 14.1 Å². The number of rotatable bonds is 5. The molecule has 8 heteroatoms. The van der Waals surface area contributed by atoms with Crippen molar-refractivity contribution >= 4 is 16.9 Å². The van der Waals surface area contributed by atoms with Crippen molar-refractivity contribution < 1.29 is 9.53 Å². The van der Waals surface area contributed by atoms with Gasteiger partial charge in [-0.1, -0.05) is 30.3 Å². The number of benzene rings is 1. The maximum Gasteiger partial charge on any atom is 0.332 e. The van der Waals surface area contributed by atoms with E-state index in [0.717, 1.165) is 23.0 Å². The second kappa shape index (κ2) is 7.71. The molecule has 1 N–H and O–H groups in total. The molecule has 1 atom stereocenters. The molecular weight excluding hydrogens is 372 g/mol. The molecule has 0 radical (unpaired) electrons. The van der Waals surface area contributed by atoms with Crippen molar-refractivity contribution in [3.8, 4) is 0 Å². The van der Waals surface area contributed by atoms with E-state index in [4.69, 9.17) is 4.74 Å². The molecule has 1 aliphatic heterocycles. The Morgan fingerprint density at radius 1 is 1.17 bits per heavy atom. The van der Waals surface area contributed by atoms with Crippen LogP contribution in [0, 0.1) is 0 Å². The Kier molecular flexibility index (Phi) is 5.10. The van der Waals surface area contributed by atoms with Crippen LogP contribution >= 0.6 is 0 Å². The number of aromatic nitrogens is 3. The van der Waals surface area contributed by atoms with Gasteiger partial charge in [0.25, 0.3) is 11.5 Å². The van der Waals surface area contributed by atoms with Crippen LogP contribution in [0.1, 0.15) is 28.9 Å². The summed E-state index contributed by atoms with van der Waals surface area (Å²) in [5, 5.41) is 3.26. The van der Waals surface area contributed by atoms with Crippen molar-refractivity contribution in [1.29, 1.82) is 0 Å². The van der Waals surface area contributed by atoms with E-state index in [-0.39, 0.29) is 12.0 Å². The fraction of sp³-hybridized carbons (Fsp3) is 0.381. The van der Waals surface area contributed by atoms with Gasteiger partial charge in [-0.25, -0.2) is 4.79 Å². The number of nitrogens with zero attached hydrogens (tertiary/aromatic N) is 3. The first kappa shape index (κ1) is 19.2. The summed E-state index contributed by atoms with van der Waals surface area (Å²) in [6.07, 6.45) is 1.79. The first-order valence-electron chi connectivity index (χ1n) is 9.70. The lowest BCUT2D eigenvalue weighted by Crippen LogP contribution is -2.37. The van der Waals surface area contributed by atoms with E-state index in [1.165, 1.54) is 11.6 Å². The van der Waals surface area contributed by atoms with Crippen molar-refractivity contribution in [3.63, 3.8) is 0 Å². The third-order valence-electron chi connectivity index (χ3n) is 5.43. The maximum atomic E-state index is 13.0. The molecule has 4 rings (SSSR count). The lowest BCUT2D eigenvalue weighted by Gasteiger charge is -2.16. The molecule has 3 aromatic rings. The van der Waals surface area contributed by atoms with Gasteiger partial charge in [0.05, 0.1) is 18.0 Å². The summed E-state index contributed by atoms with van der Waals surface area (Å²) in [5.74, 6) is -0.294. The topological polar surface area (TPSA) is 87.3 Å². The molecule has 0 spiro atoms. The Morgan fingerprint density at radius 2 is 1.93 bits per heavy atom. The summed E-state index contributed by atoms with van der Waals surface area (Å²) in [6.45, 7) is 1.47. The molecule has 3 heterocycles. The van der Waals surface area contributed by atoms with Crippen LogP contribution in [0.25, 0.3) is 11.0 Å². The molecule has 0 aliphatic carbocycles. The molecule has 1 fully saturated rings. The number of amides is 1. The van der Waals surface area contributed by atoms with Gasteiger partial charge in [0.15, 0.2) is 0 Å². The van der Waals surface area contributed by atoms with Crippen LogP contribution in [0.15, 0.2) is 46.0 Å².